The van der Waals surface area contributed by atoms with Crippen LogP contribution in [0.2, 0.25) is 0 Å². The molecule has 0 saturated carbocycles. The quantitative estimate of drug-likeness (QED) is 0.760. The summed E-state index contributed by atoms with van der Waals surface area (Å²) in [5, 5.41) is 16.5. The lowest BCUT2D eigenvalue weighted by molar-refractivity contribution is -0.304. The molecule has 1 unspecified atom stereocenters. The third-order valence-corrected chi connectivity index (χ3v) is 2.62. The normalized spacial score (nSPS) is 30.4. The van der Waals surface area contributed by atoms with Gasteiger partial charge in [0.1, 0.15) is 6.10 Å². The molecule has 0 aromatic rings. The van der Waals surface area contributed by atoms with Crippen LogP contribution in [0.4, 0.5) is 0 Å². The van der Waals surface area contributed by atoms with Gasteiger partial charge in [-0.3, -0.25) is 0 Å². The molecule has 0 aliphatic carbocycles. The van der Waals surface area contributed by atoms with Crippen LogP contribution in [0, 0.1) is 0 Å². The first-order chi connectivity index (χ1) is 9.67. The lowest BCUT2D eigenvalue weighted by atomic mass is 10.1. The Hall–Kier alpha value is -0.240. The van der Waals surface area contributed by atoms with Crippen molar-refractivity contribution >= 4 is 0 Å². The highest BCUT2D eigenvalue weighted by atomic mass is 16.8. The van der Waals surface area contributed by atoms with Crippen LogP contribution in [0.1, 0.15) is 54.4 Å². The van der Waals surface area contributed by atoms with Gasteiger partial charge in [-0.15, -0.1) is 0 Å². The van der Waals surface area contributed by atoms with Gasteiger partial charge in [0.25, 0.3) is 0 Å². The van der Waals surface area contributed by atoms with Crippen LogP contribution in [0.5, 0.6) is 0 Å². The minimum atomic E-state index is -1.19. The monoisotopic (exact) mass is 308 g/mol. The second-order valence-corrected chi connectivity index (χ2v) is 5.98. The van der Waals surface area contributed by atoms with E-state index in [1.807, 2.05) is 13.8 Å². The topological polar surface area (TPSA) is 77.4 Å². The average molecular weight is 308 g/mol. The summed E-state index contributed by atoms with van der Waals surface area (Å²) in [5.41, 5.74) is 0. The van der Waals surface area contributed by atoms with Gasteiger partial charge in [0.15, 0.2) is 17.9 Å². The summed E-state index contributed by atoms with van der Waals surface area (Å²) in [6.07, 6.45) is 1.34. The summed E-state index contributed by atoms with van der Waals surface area (Å²) in [4.78, 5) is 0. The maximum Gasteiger partial charge on any atom is 0.164 e. The molecule has 2 aliphatic heterocycles. The van der Waals surface area contributed by atoms with E-state index >= 15 is 0 Å². The van der Waals surface area contributed by atoms with E-state index in [0.717, 1.165) is 7.11 Å². The summed E-state index contributed by atoms with van der Waals surface area (Å²) in [5.74, 6) is -1.75. The number of rotatable bonds is 2. The maximum atomic E-state index is 9.54. The SMILES string of the molecule is CC(C)(O)OC1C[C@H]2OC(C)(C)OC[C@H]2O1.CCC.CO. The van der Waals surface area contributed by atoms with Gasteiger partial charge in [0, 0.05) is 13.5 Å². The zero-order valence-electron chi connectivity index (χ0n) is 14.4. The Morgan fingerprint density at radius 1 is 1.19 bits per heavy atom. The highest BCUT2D eigenvalue weighted by molar-refractivity contribution is 4.85. The Balaban J connectivity index is 0.000000713. The number of hydrogen-bond donors (Lipinski definition) is 2. The molecule has 2 saturated heterocycles. The van der Waals surface area contributed by atoms with Gasteiger partial charge in [-0.05, 0) is 27.7 Å². The van der Waals surface area contributed by atoms with E-state index in [4.69, 9.17) is 24.1 Å². The summed E-state index contributed by atoms with van der Waals surface area (Å²) in [6.45, 7) is 11.7. The second-order valence-electron chi connectivity index (χ2n) is 5.98. The zero-order chi connectivity index (χ0) is 16.7. The Bertz CT molecular complexity index is 274. The molecule has 3 atom stereocenters. The summed E-state index contributed by atoms with van der Waals surface area (Å²) in [7, 11) is 1.00. The van der Waals surface area contributed by atoms with Crippen molar-refractivity contribution in [1.29, 1.82) is 0 Å². The highest BCUT2D eigenvalue weighted by Gasteiger charge is 2.45. The molecule has 0 bridgehead atoms. The van der Waals surface area contributed by atoms with Crippen LogP contribution < -0.4 is 0 Å². The van der Waals surface area contributed by atoms with E-state index < -0.39 is 17.9 Å². The highest BCUT2D eigenvalue weighted by Crippen LogP contribution is 2.34. The Kier molecular flexibility index (Phi) is 8.92. The first kappa shape index (κ1) is 20.8. The molecule has 0 spiro atoms. The summed E-state index contributed by atoms with van der Waals surface area (Å²) >= 11 is 0. The van der Waals surface area contributed by atoms with Crippen molar-refractivity contribution in [3.63, 3.8) is 0 Å². The maximum absolute atomic E-state index is 9.54. The van der Waals surface area contributed by atoms with Crippen molar-refractivity contribution in [1.82, 2.24) is 0 Å². The number of hydrogen-bond acceptors (Lipinski definition) is 6. The van der Waals surface area contributed by atoms with Crippen molar-refractivity contribution in [2.75, 3.05) is 13.7 Å². The first-order valence-electron chi connectivity index (χ1n) is 7.49. The number of fused-ring (bicyclic) bond motifs is 1. The van der Waals surface area contributed by atoms with Gasteiger partial charge >= 0.3 is 0 Å². The number of aliphatic hydroxyl groups excluding tert-OH is 1. The van der Waals surface area contributed by atoms with Crippen molar-refractivity contribution in [3.8, 4) is 0 Å². The van der Waals surface area contributed by atoms with Crippen molar-refractivity contribution in [2.24, 2.45) is 0 Å². The Labute approximate surface area is 128 Å². The molecule has 6 heteroatoms. The lowest BCUT2D eigenvalue weighted by Gasteiger charge is -2.36. The fraction of sp³-hybridized carbons (Fsp3) is 1.00. The predicted molar refractivity (Wildman–Crippen MR) is 79.7 cm³/mol. The molecule has 0 aromatic carbocycles. The molecule has 2 aliphatic rings. The minimum absolute atomic E-state index is 0.0175. The largest absolute Gasteiger partial charge is 0.400 e. The molecule has 2 heterocycles. The van der Waals surface area contributed by atoms with Crippen LogP contribution in [-0.2, 0) is 18.9 Å². The Morgan fingerprint density at radius 2 is 1.71 bits per heavy atom. The molecule has 2 N–H and O–H groups in total. The molecule has 2 rings (SSSR count). The van der Waals surface area contributed by atoms with E-state index in [1.54, 1.807) is 13.8 Å². The van der Waals surface area contributed by atoms with Gasteiger partial charge in [0.2, 0.25) is 0 Å². The zero-order valence-corrected chi connectivity index (χ0v) is 14.4. The molecule has 0 amide bonds. The third kappa shape index (κ3) is 8.09. The lowest BCUT2D eigenvalue weighted by Crippen LogP contribution is -2.46. The van der Waals surface area contributed by atoms with Gasteiger partial charge in [-0.2, -0.15) is 0 Å². The number of aliphatic hydroxyl groups is 2. The smallest absolute Gasteiger partial charge is 0.164 e. The van der Waals surface area contributed by atoms with Crippen LogP contribution in [-0.4, -0.2) is 54.0 Å². The Morgan fingerprint density at radius 3 is 2.19 bits per heavy atom. The van der Waals surface area contributed by atoms with E-state index in [1.165, 1.54) is 6.42 Å². The van der Waals surface area contributed by atoms with Crippen LogP contribution in [0.25, 0.3) is 0 Å². The number of ether oxygens (including phenoxy) is 4. The predicted octanol–water partition coefficient (Wildman–Crippen LogP) is 2.02. The summed E-state index contributed by atoms with van der Waals surface area (Å²) < 4.78 is 22.2. The second kappa shape index (κ2) is 9.02. The average Bonchev–Trinajstić information content (AvgIpc) is 2.70. The molecule has 0 aromatic heterocycles. The standard InChI is InChI=1S/C11H20O5.C3H8.CH4O/c1-10(2,12)16-9-5-7-8(14-9)6-13-11(3,4)15-7;1-3-2;1-2/h7-9,12H,5-6H2,1-4H3;3H2,1-2H3;2H,1H3/t7-,8-,9?;;/m1../s1. The minimum Gasteiger partial charge on any atom is -0.400 e. The van der Waals surface area contributed by atoms with Gasteiger partial charge < -0.3 is 29.2 Å². The van der Waals surface area contributed by atoms with Gasteiger partial charge in [0.05, 0.1) is 12.7 Å². The van der Waals surface area contributed by atoms with Crippen LogP contribution in [0.3, 0.4) is 0 Å². The van der Waals surface area contributed by atoms with Crippen LogP contribution >= 0.6 is 0 Å². The molecule has 2 fully saturated rings. The van der Waals surface area contributed by atoms with Crippen molar-refractivity contribution in [2.45, 2.75) is 84.5 Å². The van der Waals surface area contributed by atoms with E-state index in [-0.39, 0.29) is 12.2 Å². The van der Waals surface area contributed by atoms with E-state index in [2.05, 4.69) is 13.8 Å². The molecule has 6 nitrogen and oxygen atoms in total. The first-order valence-corrected chi connectivity index (χ1v) is 7.49. The summed E-state index contributed by atoms with van der Waals surface area (Å²) in [6, 6.07) is 0. The molecule has 21 heavy (non-hydrogen) atoms. The fourth-order valence-electron chi connectivity index (χ4n) is 2.03. The molecule has 128 valence electrons. The van der Waals surface area contributed by atoms with Gasteiger partial charge in [-0.1, -0.05) is 20.3 Å². The van der Waals surface area contributed by atoms with Crippen molar-refractivity contribution < 1.29 is 29.2 Å². The molecular weight excluding hydrogens is 276 g/mol. The van der Waals surface area contributed by atoms with Gasteiger partial charge in [-0.25, -0.2) is 0 Å². The fourth-order valence-corrected chi connectivity index (χ4v) is 2.03. The van der Waals surface area contributed by atoms with Crippen molar-refractivity contribution in [3.05, 3.63) is 0 Å². The van der Waals surface area contributed by atoms with Crippen LogP contribution in [0.15, 0.2) is 0 Å². The third-order valence-electron chi connectivity index (χ3n) is 2.62. The molecule has 0 radical (unpaired) electrons. The molecular formula is C15H32O6. The van der Waals surface area contributed by atoms with E-state index in [9.17, 15) is 5.11 Å². The van der Waals surface area contributed by atoms with E-state index in [0.29, 0.717) is 13.0 Å².